The van der Waals surface area contributed by atoms with Crippen LogP contribution in [0.4, 0.5) is 5.69 Å². The quantitative estimate of drug-likeness (QED) is 0.275. The Morgan fingerprint density at radius 1 is 0.833 bits per heavy atom. The fourth-order valence-corrected chi connectivity index (χ4v) is 3.32. The first kappa shape index (κ1) is 20.8. The van der Waals surface area contributed by atoms with E-state index < -0.39 is 0 Å². The first-order valence-corrected chi connectivity index (χ1v) is 10.2. The highest BCUT2D eigenvalue weighted by molar-refractivity contribution is 5.73. The van der Waals surface area contributed by atoms with Crippen molar-refractivity contribution < 1.29 is 0 Å². The van der Waals surface area contributed by atoms with Crippen molar-refractivity contribution in [2.45, 2.75) is 97.3 Å². The van der Waals surface area contributed by atoms with Crippen LogP contribution in [0.5, 0.6) is 0 Å². The highest BCUT2D eigenvalue weighted by Crippen LogP contribution is 2.25. The van der Waals surface area contributed by atoms with Crippen molar-refractivity contribution >= 4 is 11.3 Å². The van der Waals surface area contributed by atoms with E-state index in [1.165, 1.54) is 88.2 Å². The molecule has 0 heterocycles. The van der Waals surface area contributed by atoms with E-state index in [-0.39, 0.29) is 0 Å². The zero-order valence-electron chi connectivity index (χ0n) is 16.2. The third kappa shape index (κ3) is 9.15. The zero-order chi connectivity index (χ0) is 17.6. The van der Waals surface area contributed by atoms with Crippen molar-refractivity contribution in [3.8, 4) is 0 Å². The molecule has 0 saturated heterocycles. The number of hydrogen-bond donors (Lipinski definition) is 1. The number of hydrogen-bond acceptors (Lipinski definition) is 1. The van der Waals surface area contributed by atoms with Crippen LogP contribution in [-0.4, -0.2) is 0 Å². The van der Waals surface area contributed by atoms with E-state index in [0.717, 1.165) is 17.7 Å². The number of rotatable bonds is 14. The van der Waals surface area contributed by atoms with E-state index >= 15 is 0 Å². The maximum atomic E-state index is 6.10. The minimum Gasteiger partial charge on any atom is -0.398 e. The fourth-order valence-electron chi connectivity index (χ4n) is 3.32. The summed E-state index contributed by atoms with van der Waals surface area (Å²) in [5.74, 6) is 0. The Bertz CT molecular complexity index is 461. The molecule has 0 unspecified atom stereocenters. The maximum Gasteiger partial charge on any atom is 0.0392 e. The van der Waals surface area contributed by atoms with E-state index in [1.54, 1.807) is 0 Å². The largest absolute Gasteiger partial charge is 0.398 e. The highest BCUT2D eigenvalue weighted by atomic mass is 14.6. The van der Waals surface area contributed by atoms with Gasteiger partial charge in [0.15, 0.2) is 0 Å². The van der Waals surface area contributed by atoms with Gasteiger partial charge in [-0.15, -0.1) is 0 Å². The first-order valence-electron chi connectivity index (χ1n) is 10.2. The molecule has 24 heavy (non-hydrogen) atoms. The van der Waals surface area contributed by atoms with Crippen LogP contribution < -0.4 is 5.73 Å². The Hall–Kier alpha value is -1.24. The summed E-state index contributed by atoms with van der Waals surface area (Å²) < 4.78 is 0. The van der Waals surface area contributed by atoms with Gasteiger partial charge in [0, 0.05) is 5.69 Å². The van der Waals surface area contributed by atoms with Crippen molar-refractivity contribution in [2.24, 2.45) is 0 Å². The van der Waals surface area contributed by atoms with Gasteiger partial charge in [0.25, 0.3) is 0 Å². The van der Waals surface area contributed by atoms with Crippen molar-refractivity contribution in [3.63, 3.8) is 0 Å². The lowest BCUT2D eigenvalue weighted by Gasteiger charge is -2.10. The molecule has 0 aliphatic heterocycles. The number of anilines is 1. The summed E-state index contributed by atoms with van der Waals surface area (Å²) in [6, 6.07) is 6.29. The van der Waals surface area contributed by atoms with Crippen LogP contribution in [0.3, 0.4) is 0 Å². The molecular formula is C23H39N. The average Bonchev–Trinajstić information content (AvgIpc) is 2.55. The van der Waals surface area contributed by atoms with Crippen LogP contribution in [0.2, 0.25) is 0 Å². The molecule has 0 amide bonds. The fraction of sp³-hybridized carbons (Fsp3) is 0.652. The number of aryl methyl sites for hydroxylation is 1. The van der Waals surface area contributed by atoms with Crippen LogP contribution in [0.1, 0.15) is 102 Å². The van der Waals surface area contributed by atoms with Gasteiger partial charge in [0.1, 0.15) is 0 Å². The Labute approximate surface area is 150 Å². The van der Waals surface area contributed by atoms with Crippen molar-refractivity contribution in [1.82, 2.24) is 0 Å². The SMILES string of the molecule is C=C(CCCCCCCCCCCCCC)c1ccc(C)cc1N. The predicted octanol–water partition coefficient (Wildman–Crippen LogP) is 7.68. The van der Waals surface area contributed by atoms with Gasteiger partial charge in [-0.25, -0.2) is 0 Å². The van der Waals surface area contributed by atoms with Gasteiger partial charge in [0.05, 0.1) is 0 Å². The summed E-state index contributed by atoms with van der Waals surface area (Å²) >= 11 is 0. The van der Waals surface area contributed by atoms with E-state index in [2.05, 4.69) is 32.6 Å². The third-order valence-electron chi connectivity index (χ3n) is 4.92. The lowest BCUT2D eigenvalue weighted by molar-refractivity contribution is 0.545. The maximum absolute atomic E-state index is 6.10. The van der Waals surface area contributed by atoms with Gasteiger partial charge >= 0.3 is 0 Å². The van der Waals surface area contributed by atoms with E-state index in [9.17, 15) is 0 Å². The zero-order valence-corrected chi connectivity index (χ0v) is 16.2. The molecular weight excluding hydrogens is 290 g/mol. The summed E-state index contributed by atoms with van der Waals surface area (Å²) in [6.07, 6.45) is 17.8. The van der Waals surface area contributed by atoms with Gasteiger partial charge in [-0.3, -0.25) is 0 Å². The van der Waals surface area contributed by atoms with Crippen molar-refractivity contribution in [2.75, 3.05) is 5.73 Å². The molecule has 1 aromatic rings. The number of unbranched alkanes of at least 4 members (excludes halogenated alkanes) is 11. The second-order valence-electron chi connectivity index (χ2n) is 7.33. The second kappa shape index (κ2) is 13.1. The third-order valence-corrected chi connectivity index (χ3v) is 4.92. The molecule has 1 heteroatoms. The van der Waals surface area contributed by atoms with Crippen LogP contribution in [0.25, 0.3) is 5.57 Å². The molecule has 2 N–H and O–H groups in total. The summed E-state index contributed by atoms with van der Waals surface area (Å²) in [5.41, 5.74) is 10.5. The Morgan fingerprint density at radius 3 is 1.83 bits per heavy atom. The molecule has 136 valence electrons. The Balaban J connectivity index is 1.97. The van der Waals surface area contributed by atoms with Crippen molar-refractivity contribution in [1.29, 1.82) is 0 Å². The molecule has 0 radical (unpaired) electrons. The van der Waals surface area contributed by atoms with Crippen LogP contribution in [0.15, 0.2) is 24.8 Å². The number of allylic oxidation sites excluding steroid dienone is 1. The summed E-state index contributed by atoms with van der Waals surface area (Å²) in [5, 5.41) is 0. The molecule has 0 aliphatic carbocycles. The standard InChI is InChI=1S/C23H39N/c1-4-5-6-7-8-9-10-11-12-13-14-15-16-21(3)22-18-17-20(2)19-23(22)24/h17-19H,3-16,24H2,1-2H3. The minimum absolute atomic E-state index is 0.874. The molecule has 0 spiro atoms. The van der Waals surface area contributed by atoms with E-state index in [4.69, 9.17) is 5.73 Å². The number of benzene rings is 1. The van der Waals surface area contributed by atoms with Gasteiger partial charge in [0.2, 0.25) is 0 Å². The molecule has 0 saturated carbocycles. The van der Waals surface area contributed by atoms with E-state index in [0.29, 0.717) is 0 Å². The predicted molar refractivity (Wildman–Crippen MR) is 110 cm³/mol. The van der Waals surface area contributed by atoms with Crippen LogP contribution in [0, 0.1) is 6.92 Å². The topological polar surface area (TPSA) is 26.0 Å². The first-order chi connectivity index (χ1) is 11.6. The summed E-state index contributed by atoms with van der Waals surface area (Å²) in [6.45, 7) is 8.58. The minimum atomic E-state index is 0.874. The molecule has 1 aromatic carbocycles. The van der Waals surface area contributed by atoms with Gasteiger partial charge in [-0.2, -0.15) is 0 Å². The lowest BCUT2D eigenvalue weighted by Crippen LogP contribution is -1.94. The van der Waals surface area contributed by atoms with Crippen LogP contribution in [-0.2, 0) is 0 Å². The highest BCUT2D eigenvalue weighted by Gasteiger charge is 2.03. The molecule has 1 rings (SSSR count). The smallest absolute Gasteiger partial charge is 0.0392 e. The van der Waals surface area contributed by atoms with Gasteiger partial charge in [-0.1, -0.05) is 96.3 Å². The molecule has 0 atom stereocenters. The van der Waals surface area contributed by atoms with Gasteiger partial charge in [-0.05, 0) is 42.5 Å². The molecule has 0 aromatic heterocycles. The average molecular weight is 330 g/mol. The lowest BCUT2D eigenvalue weighted by atomic mass is 9.98. The Morgan fingerprint density at radius 2 is 1.33 bits per heavy atom. The number of nitrogens with two attached hydrogens (primary N) is 1. The summed E-state index contributed by atoms with van der Waals surface area (Å²) in [7, 11) is 0. The Kier molecular flexibility index (Phi) is 11.4. The summed E-state index contributed by atoms with van der Waals surface area (Å²) in [4.78, 5) is 0. The van der Waals surface area contributed by atoms with Crippen LogP contribution >= 0.6 is 0 Å². The molecule has 0 aliphatic rings. The number of nitrogen functional groups attached to an aromatic ring is 1. The molecule has 1 nitrogen and oxygen atoms in total. The monoisotopic (exact) mass is 329 g/mol. The molecule has 0 fully saturated rings. The van der Waals surface area contributed by atoms with Gasteiger partial charge < -0.3 is 5.73 Å². The van der Waals surface area contributed by atoms with E-state index in [1.807, 2.05) is 6.07 Å². The van der Waals surface area contributed by atoms with Crippen molar-refractivity contribution in [3.05, 3.63) is 35.9 Å². The second-order valence-corrected chi connectivity index (χ2v) is 7.33. The normalized spacial score (nSPS) is 10.9. The molecule has 0 bridgehead atoms.